The average molecular weight is 629 g/mol. The van der Waals surface area contributed by atoms with E-state index in [9.17, 15) is 22.4 Å². The summed E-state index contributed by atoms with van der Waals surface area (Å²) in [5.41, 5.74) is 2.28. The van der Waals surface area contributed by atoms with E-state index in [-0.39, 0.29) is 33.9 Å². The molecule has 1 N–H and O–H groups in total. The molecule has 45 heavy (non-hydrogen) atoms. The standard InChI is InChI=1S/C33H33FN6O4S/c34-26-8-10-27(11-9-26)45(43,44)36-28-19-24(33(42)38-16-14-37(15-17-38)31-5-1-2-13-35-31)7-12-30(28)39-20-23-18-25(22-39)29-4-3-6-32(41)40(29)21-23/h1-13,19,23,25,36H,14-18,20-22H2. The summed E-state index contributed by atoms with van der Waals surface area (Å²) in [6, 6.07) is 20.9. The highest BCUT2D eigenvalue weighted by Gasteiger charge is 2.36. The first-order chi connectivity index (χ1) is 21.7. The van der Waals surface area contributed by atoms with Crippen LogP contribution in [0, 0.1) is 11.7 Å². The zero-order valence-corrected chi connectivity index (χ0v) is 25.4. The number of benzene rings is 2. The van der Waals surface area contributed by atoms with E-state index in [1.54, 1.807) is 41.4 Å². The molecule has 0 aliphatic carbocycles. The summed E-state index contributed by atoms with van der Waals surface area (Å²) in [5, 5.41) is 0. The fourth-order valence-corrected chi connectivity index (χ4v) is 7.86. The Morgan fingerprint density at radius 2 is 1.67 bits per heavy atom. The summed E-state index contributed by atoms with van der Waals surface area (Å²) < 4.78 is 45.2. The van der Waals surface area contributed by atoms with Gasteiger partial charge in [0.25, 0.3) is 21.5 Å². The first kappa shape index (κ1) is 29.0. The van der Waals surface area contributed by atoms with Crippen LogP contribution in [0.15, 0.2) is 94.7 Å². The van der Waals surface area contributed by atoms with Gasteiger partial charge in [0.05, 0.1) is 16.3 Å². The highest BCUT2D eigenvalue weighted by atomic mass is 32.2. The van der Waals surface area contributed by atoms with E-state index in [2.05, 4.69) is 19.5 Å². The highest BCUT2D eigenvalue weighted by molar-refractivity contribution is 7.92. The predicted molar refractivity (Wildman–Crippen MR) is 170 cm³/mol. The molecule has 2 unspecified atom stereocenters. The highest BCUT2D eigenvalue weighted by Crippen LogP contribution is 2.40. The Labute approximate surface area is 260 Å². The summed E-state index contributed by atoms with van der Waals surface area (Å²) in [7, 11) is -4.10. The fraction of sp³-hybridized carbons (Fsp3) is 0.303. The normalized spacial score (nSPS) is 19.6. The number of aromatic nitrogens is 2. The van der Waals surface area contributed by atoms with Crippen molar-refractivity contribution in [2.75, 3.05) is 53.8 Å². The number of piperazine rings is 1. The molecule has 2 aromatic heterocycles. The number of anilines is 3. The second-order valence-corrected chi connectivity index (χ2v) is 13.5. The number of carbonyl (C=O) groups is 1. The minimum Gasteiger partial charge on any atom is -0.369 e. The molecule has 232 valence electrons. The van der Waals surface area contributed by atoms with E-state index in [4.69, 9.17) is 0 Å². The van der Waals surface area contributed by atoms with Crippen LogP contribution in [-0.2, 0) is 16.6 Å². The van der Waals surface area contributed by atoms with Crippen molar-refractivity contribution in [3.8, 4) is 0 Å². The van der Waals surface area contributed by atoms with Crippen molar-refractivity contribution in [3.63, 3.8) is 0 Å². The summed E-state index contributed by atoms with van der Waals surface area (Å²) in [6.07, 6.45) is 2.69. The lowest BCUT2D eigenvalue weighted by molar-refractivity contribution is 0.0746. The predicted octanol–water partition coefficient (Wildman–Crippen LogP) is 3.77. The Bertz CT molecular complexity index is 1890. The van der Waals surface area contributed by atoms with E-state index in [0.29, 0.717) is 57.1 Å². The number of halogens is 1. The van der Waals surface area contributed by atoms with Crippen LogP contribution in [0.3, 0.4) is 0 Å². The average Bonchev–Trinajstić information content (AvgIpc) is 3.05. The van der Waals surface area contributed by atoms with Crippen molar-refractivity contribution in [2.24, 2.45) is 5.92 Å². The molecule has 2 saturated heterocycles. The number of amides is 1. The molecule has 2 fully saturated rings. The third-order valence-corrected chi connectivity index (χ3v) is 10.4. The molecular formula is C33H33FN6O4S. The van der Waals surface area contributed by atoms with Crippen molar-refractivity contribution in [1.82, 2.24) is 14.5 Å². The van der Waals surface area contributed by atoms with Gasteiger partial charge in [-0.25, -0.2) is 17.8 Å². The van der Waals surface area contributed by atoms with Crippen LogP contribution in [0.5, 0.6) is 0 Å². The smallest absolute Gasteiger partial charge is 0.261 e. The Hall–Kier alpha value is -4.71. The second-order valence-electron chi connectivity index (χ2n) is 11.9. The van der Waals surface area contributed by atoms with E-state index >= 15 is 0 Å². The maximum Gasteiger partial charge on any atom is 0.261 e. The fourth-order valence-electron chi connectivity index (χ4n) is 6.80. The quantitative estimate of drug-likeness (QED) is 0.347. The van der Waals surface area contributed by atoms with Gasteiger partial charge in [-0.05, 0) is 73.0 Å². The van der Waals surface area contributed by atoms with Gasteiger partial charge in [0.2, 0.25) is 0 Å². The zero-order valence-electron chi connectivity index (χ0n) is 24.5. The van der Waals surface area contributed by atoms with Crippen LogP contribution < -0.4 is 20.1 Å². The number of piperidine rings is 1. The number of sulfonamides is 1. The third-order valence-electron chi connectivity index (χ3n) is 8.97. The van der Waals surface area contributed by atoms with Gasteiger partial charge in [-0.15, -0.1) is 0 Å². The van der Waals surface area contributed by atoms with Crippen LogP contribution in [0.4, 0.5) is 21.6 Å². The zero-order chi connectivity index (χ0) is 31.1. The summed E-state index contributed by atoms with van der Waals surface area (Å²) in [6.45, 7) is 4.08. The maximum atomic E-state index is 13.7. The van der Waals surface area contributed by atoms with Crippen molar-refractivity contribution in [1.29, 1.82) is 0 Å². The topological polar surface area (TPSA) is 108 Å². The molecule has 7 rings (SSSR count). The molecule has 2 atom stereocenters. The number of hydrogen-bond acceptors (Lipinski definition) is 7. The summed E-state index contributed by atoms with van der Waals surface area (Å²) in [5.74, 6) is 0.447. The van der Waals surface area contributed by atoms with Crippen LogP contribution >= 0.6 is 0 Å². The van der Waals surface area contributed by atoms with E-state index < -0.39 is 15.8 Å². The summed E-state index contributed by atoms with van der Waals surface area (Å²) in [4.78, 5) is 36.6. The maximum absolute atomic E-state index is 13.7. The number of fused-ring (bicyclic) bond motifs is 4. The Kier molecular flexibility index (Phi) is 7.52. The molecule has 10 nitrogen and oxygen atoms in total. The number of hydrogen-bond donors (Lipinski definition) is 1. The SMILES string of the molecule is O=C(c1ccc(N2CC3CC(C2)c2cccc(=O)n2C3)c(NS(=O)(=O)c2ccc(F)cc2)c1)N1CCN(c2ccccn2)CC1. The second kappa shape index (κ2) is 11.7. The van der Waals surface area contributed by atoms with Gasteiger partial charge >= 0.3 is 0 Å². The first-order valence-electron chi connectivity index (χ1n) is 15.1. The number of pyridine rings is 2. The monoisotopic (exact) mass is 628 g/mol. The Morgan fingerprint density at radius 3 is 2.42 bits per heavy atom. The van der Waals surface area contributed by atoms with Crippen molar-refractivity contribution < 1.29 is 17.6 Å². The van der Waals surface area contributed by atoms with Crippen LogP contribution in [-0.4, -0.2) is 68.0 Å². The molecule has 0 radical (unpaired) electrons. The first-order valence-corrected chi connectivity index (χ1v) is 16.6. The van der Waals surface area contributed by atoms with Gasteiger partial charge in [0.1, 0.15) is 11.6 Å². The molecule has 3 aliphatic heterocycles. The third kappa shape index (κ3) is 5.77. The molecule has 2 bridgehead atoms. The van der Waals surface area contributed by atoms with Crippen LogP contribution in [0.25, 0.3) is 0 Å². The number of carbonyl (C=O) groups excluding carboxylic acids is 1. The number of nitrogens with zero attached hydrogens (tertiary/aromatic N) is 5. The van der Waals surface area contributed by atoms with Crippen molar-refractivity contribution in [3.05, 3.63) is 112 Å². The van der Waals surface area contributed by atoms with E-state index in [1.165, 1.54) is 12.1 Å². The molecule has 12 heteroatoms. The van der Waals surface area contributed by atoms with Gasteiger partial charge in [-0.2, -0.15) is 0 Å². The molecule has 0 saturated carbocycles. The van der Waals surface area contributed by atoms with Crippen molar-refractivity contribution >= 4 is 33.1 Å². The molecule has 3 aliphatic rings. The van der Waals surface area contributed by atoms with Gasteiger partial charge in [-0.1, -0.05) is 12.1 Å². The van der Waals surface area contributed by atoms with E-state index in [0.717, 1.165) is 30.1 Å². The lowest BCUT2D eigenvalue weighted by Gasteiger charge is -2.44. The number of rotatable bonds is 6. The van der Waals surface area contributed by atoms with Crippen LogP contribution in [0.2, 0.25) is 0 Å². The largest absolute Gasteiger partial charge is 0.369 e. The minimum absolute atomic E-state index is 0.00729. The van der Waals surface area contributed by atoms with Gasteiger partial charge in [0.15, 0.2) is 0 Å². The Balaban J connectivity index is 1.18. The van der Waals surface area contributed by atoms with E-state index in [1.807, 2.05) is 28.8 Å². The molecule has 4 aromatic rings. The molecular weight excluding hydrogens is 595 g/mol. The summed E-state index contributed by atoms with van der Waals surface area (Å²) >= 11 is 0. The minimum atomic E-state index is -4.10. The molecule has 1 amide bonds. The van der Waals surface area contributed by atoms with Crippen LogP contribution in [0.1, 0.15) is 28.4 Å². The van der Waals surface area contributed by atoms with Gasteiger partial charge in [-0.3, -0.25) is 14.3 Å². The lowest BCUT2D eigenvalue weighted by Crippen LogP contribution is -2.49. The van der Waals surface area contributed by atoms with Crippen molar-refractivity contribution in [2.45, 2.75) is 23.8 Å². The van der Waals surface area contributed by atoms with Gasteiger partial charge in [0, 0.05) is 75.3 Å². The number of nitrogens with one attached hydrogen (secondary N) is 1. The van der Waals surface area contributed by atoms with Gasteiger partial charge < -0.3 is 19.3 Å². The lowest BCUT2D eigenvalue weighted by atomic mass is 9.83. The molecule has 0 spiro atoms. The molecule has 2 aromatic carbocycles. The Morgan fingerprint density at radius 1 is 0.867 bits per heavy atom. The molecule has 5 heterocycles.